The zero-order valence-electron chi connectivity index (χ0n) is 14.7. The second kappa shape index (κ2) is 6.97. The monoisotopic (exact) mass is 348 g/mol. The van der Waals surface area contributed by atoms with Crippen molar-refractivity contribution in [3.05, 3.63) is 33.3 Å². The molecule has 1 saturated carbocycles. The molecule has 1 aliphatic heterocycles. The molecular formula is C20H25ClO3. The van der Waals surface area contributed by atoms with Crippen molar-refractivity contribution in [3.63, 3.8) is 0 Å². The van der Waals surface area contributed by atoms with E-state index in [-0.39, 0.29) is 17.5 Å². The summed E-state index contributed by atoms with van der Waals surface area (Å²) in [6.45, 7) is 7.39. The Kier molecular flexibility index (Phi) is 5.12. The molecule has 130 valence electrons. The number of halogens is 1. The second-order valence-electron chi connectivity index (χ2n) is 7.36. The summed E-state index contributed by atoms with van der Waals surface area (Å²) in [5.41, 5.74) is 3.71. The smallest absolute Gasteiger partial charge is 0.151 e. The first kappa shape index (κ1) is 17.6. The lowest BCUT2D eigenvalue weighted by molar-refractivity contribution is -0.125. The summed E-state index contributed by atoms with van der Waals surface area (Å²) >= 11 is 6.38. The third-order valence-corrected chi connectivity index (χ3v) is 6.22. The predicted octanol–water partition coefficient (Wildman–Crippen LogP) is 4.32. The molecule has 1 aromatic rings. The number of Topliss-reactive ketones (excluding diaryl/α,β-unsaturated/α-hetero) is 2. The van der Waals surface area contributed by atoms with Gasteiger partial charge in [0.25, 0.3) is 0 Å². The maximum atomic E-state index is 13.0. The summed E-state index contributed by atoms with van der Waals surface area (Å²) in [5, 5.41) is 0.670. The highest BCUT2D eigenvalue weighted by Crippen LogP contribution is 2.41. The van der Waals surface area contributed by atoms with E-state index in [4.69, 9.17) is 16.3 Å². The number of rotatable bonds is 3. The van der Waals surface area contributed by atoms with Crippen LogP contribution in [0.4, 0.5) is 0 Å². The van der Waals surface area contributed by atoms with Gasteiger partial charge in [0.2, 0.25) is 0 Å². The van der Waals surface area contributed by atoms with Gasteiger partial charge in [-0.05, 0) is 68.2 Å². The average molecular weight is 349 g/mol. The van der Waals surface area contributed by atoms with Crippen LogP contribution < -0.4 is 0 Å². The summed E-state index contributed by atoms with van der Waals surface area (Å²) in [4.78, 5) is 25.6. The van der Waals surface area contributed by atoms with Crippen LogP contribution in [0.25, 0.3) is 0 Å². The van der Waals surface area contributed by atoms with E-state index in [2.05, 4.69) is 0 Å². The highest BCUT2D eigenvalue weighted by atomic mass is 35.5. The third kappa shape index (κ3) is 3.16. The number of hydrogen-bond acceptors (Lipinski definition) is 3. The minimum Gasteiger partial charge on any atom is -0.381 e. The molecule has 3 nitrogen and oxygen atoms in total. The van der Waals surface area contributed by atoms with Crippen LogP contribution in [0.15, 0.2) is 6.07 Å². The summed E-state index contributed by atoms with van der Waals surface area (Å²) in [6, 6.07) is 1.98. The van der Waals surface area contributed by atoms with Gasteiger partial charge in [0.15, 0.2) is 5.78 Å². The topological polar surface area (TPSA) is 43.4 Å². The summed E-state index contributed by atoms with van der Waals surface area (Å²) in [7, 11) is 0. The van der Waals surface area contributed by atoms with E-state index in [9.17, 15) is 9.59 Å². The fourth-order valence-corrected chi connectivity index (χ4v) is 4.52. The zero-order valence-corrected chi connectivity index (χ0v) is 15.4. The number of hydrogen-bond donors (Lipinski definition) is 0. The molecule has 2 aliphatic rings. The quantitative estimate of drug-likeness (QED) is 0.764. The molecule has 2 unspecified atom stereocenters. The first-order valence-corrected chi connectivity index (χ1v) is 9.18. The van der Waals surface area contributed by atoms with E-state index in [0.29, 0.717) is 17.4 Å². The van der Waals surface area contributed by atoms with Crippen molar-refractivity contribution in [2.45, 2.75) is 52.4 Å². The fraction of sp³-hybridized carbons (Fsp3) is 0.600. The van der Waals surface area contributed by atoms with Gasteiger partial charge in [-0.3, -0.25) is 9.59 Å². The summed E-state index contributed by atoms with van der Waals surface area (Å²) < 4.78 is 5.39. The Morgan fingerprint density at radius 3 is 2.46 bits per heavy atom. The molecule has 1 aromatic carbocycles. The molecule has 0 radical (unpaired) electrons. The van der Waals surface area contributed by atoms with Gasteiger partial charge < -0.3 is 4.74 Å². The highest BCUT2D eigenvalue weighted by molar-refractivity contribution is 6.32. The molecule has 4 heteroatoms. The van der Waals surface area contributed by atoms with Crippen LogP contribution in [0.1, 0.15) is 53.9 Å². The van der Waals surface area contributed by atoms with E-state index in [1.54, 1.807) is 0 Å². The molecule has 1 heterocycles. The lowest BCUT2D eigenvalue weighted by Crippen LogP contribution is -2.22. The minimum absolute atomic E-state index is 0.0585. The van der Waals surface area contributed by atoms with Crippen LogP contribution in [0.2, 0.25) is 5.02 Å². The van der Waals surface area contributed by atoms with Crippen LogP contribution in [0.3, 0.4) is 0 Å². The van der Waals surface area contributed by atoms with Crippen molar-refractivity contribution in [2.75, 3.05) is 13.2 Å². The van der Waals surface area contributed by atoms with Gasteiger partial charge in [0.1, 0.15) is 11.7 Å². The van der Waals surface area contributed by atoms with E-state index < -0.39 is 5.92 Å². The molecule has 0 amide bonds. The number of carbonyl (C=O) groups excluding carboxylic acids is 2. The van der Waals surface area contributed by atoms with Crippen molar-refractivity contribution in [1.82, 2.24) is 0 Å². The van der Waals surface area contributed by atoms with E-state index in [1.165, 1.54) is 0 Å². The third-order valence-electron chi connectivity index (χ3n) is 5.64. The predicted molar refractivity (Wildman–Crippen MR) is 94.7 cm³/mol. The van der Waals surface area contributed by atoms with Gasteiger partial charge in [-0.2, -0.15) is 0 Å². The standard InChI is InChI=1S/C20H25ClO3/c1-11-8-12(2)19(21)13(3)17(11)18-16(22)10-15(20(18)23)9-14-4-6-24-7-5-14/h8,14-15,18H,4-7,9-10H2,1-3H3. The number of carbonyl (C=O) groups is 2. The van der Waals surface area contributed by atoms with E-state index in [1.807, 2.05) is 26.8 Å². The first-order valence-electron chi connectivity index (χ1n) is 8.80. The highest BCUT2D eigenvalue weighted by Gasteiger charge is 2.44. The van der Waals surface area contributed by atoms with Gasteiger partial charge >= 0.3 is 0 Å². The van der Waals surface area contributed by atoms with E-state index >= 15 is 0 Å². The lowest BCUT2D eigenvalue weighted by Gasteiger charge is -2.24. The molecule has 24 heavy (non-hydrogen) atoms. The zero-order chi connectivity index (χ0) is 17.4. The molecule has 0 aromatic heterocycles. The SMILES string of the molecule is Cc1cc(C)c(C2C(=O)CC(CC3CCOCC3)C2=O)c(C)c1Cl. The van der Waals surface area contributed by atoms with Crippen molar-refractivity contribution in [1.29, 1.82) is 0 Å². The Morgan fingerprint density at radius 1 is 1.12 bits per heavy atom. The van der Waals surface area contributed by atoms with Crippen LogP contribution in [0, 0.1) is 32.6 Å². The van der Waals surface area contributed by atoms with Crippen LogP contribution in [0.5, 0.6) is 0 Å². The molecule has 2 atom stereocenters. The maximum Gasteiger partial charge on any atom is 0.151 e. The van der Waals surface area contributed by atoms with Crippen molar-refractivity contribution < 1.29 is 14.3 Å². The molecule has 0 bridgehead atoms. The first-order chi connectivity index (χ1) is 11.4. The average Bonchev–Trinajstić information content (AvgIpc) is 2.81. The minimum atomic E-state index is -0.618. The Bertz CT molecular complexity index is 674. The largest absolute Gasteiger partial charge is 0.381 e. The molecule has 2 fully saturated rings. The summed E-state index contributed by atoms with van der Waals surface area (Å²) in [5.74, 6) is -0.0961. The van der Waals surface area contributed by atoms with Crippen molar-refractivity contribution >= 4 is 23.2 Å². The molecule has 0 spiro atoms. The fourth-order valence-electron chi connectivity index (χ4n) is 4.36. The molecule has 3 rings (SSSR count). The van der Waals surface area contributed by atoms with Crippen LogP contribution >= 0.6 is 11.6 Å². The van der Waals surface area contributed by atoms with Gasteiger partial charge in [0.05, 0.1) is 0 Å². The maximum absolute atomic E-state index is 13.0. The Hall–Kier alpha value is -1.19. The van der Waals surface area contributed by atoms with Crippen LogP contribution in [-0.2, 0) is 14.3 Å². The van der Waals surface area contributed by atoms with Gasteiger partial charge in [-0.1, -0.05) is 17.7 Å². The van der Waals surface area contributed by atoms with Crippen molar-refractivity contribution in [3.8, 4) is 0 Å². The Balaban J connectivity index is 1.86. The Labute approximate surface area is 148 Å². The van der Waals surface area contributed by atoms with Gasteiger partial charge in [0, 0.05) is 30.6 Å². The lowest BCUT2D eigenvalue weighted by atomic mass is 9.84. The molecular weight excluding hydrogens is 324 g/mol. The Morgan fingerprint density at radius 2 is 1.79 bits per heavy atom. The van der Waals surface area contributed by atoms with Crippen LogP contribution in [-0.4, -0.2) is 24.8 Å². The normalized spacial score (nSPS) is 25.5. The number of ketones is 2. The molecule has 1 aliphatic carbocycles. The molecule has 0 N–H and O–H groups in total. The number of benzene rings is 1. The van der Waals surface area contributed by atoms with Gasteiger partial charge in [-0.25, -0.2) is 0 Å². The van der Waals surface area contributed by atoms with Gasteiger partial charge in [-0.15, -0.1) is 0 Å². The number of ether oxygens (including phenoxy) is 1. The molecule has 1 saturated heterocycles. The van der Waals surface area contributed by atoms with Crippen molar-refractivity contribution in [2.24, 2.45) is 11.8 Å². The van der Waals surface area contributed by atoms with E-state index in [0.717, 1.165) is 54.7 Å². The second-order valence-corrected chi connectivity index (χ2v) is 7.74. The summed E-state index contributed by atoms with van der Waals surface area (Å²) in [6.07, 6.45) is 3.20. The number of aryl methyl sites for hydroxylation is 2.